The number of fused-ring (bicyclic) bond motifs is 1. The second-order valence-electron chi connectivity index (χ2n) is 5.83. The van der Waals surface area contributed by atoms with E-state index in [0.717, 1.165) is 35.3 Å². The van der Waals surface area contributed by atoms with E-state index in [4.69, 9.17) is 28.9 Å². The molecule has 2 N–H and O–H groups in total. The van der Waals surface area contributed by atoms with Crippen molar-refractivity contribution in [3.63, 3.8) is 0 Å². The predicted octanol–water partition coefficient (Wildman–Crippen LogP) is 4.66. The second kappa shape index (κ2) is 6.42. The summed E-state index contributed by atoms with van der Waals surface area (Å²) in [7, 11) is 0. The van der Waals surface area contributed by atoms with Gasteiger partial charge in [-0.15, -0.1) is 0 Å². The number of nitrogens with zero attached hydrogens (tertiary/aromatic N) is 1. The molecule has 1 heterocycles. The molecule has 1 unspecified atom stereocenters. The van der Waals surface area contributed by atoms with Crippen molar-refractivity contribution in [2.75, 3.05) is 17.2 Å². The summed E-state index contributed by atoms with van der Waals surface area (Å²) in [6.07, 6.45) is 1.83. The third kappa shape index (κ3) is 3.04. The highest BCUT2D eigenvalue weighted by atomic mass is 35.5. The van der Waals surface area contributed by atoms with Crippen LogP contribution in [0.15, 0.2) is 36.4 Å². The second-order valence-corrected chi connectivity index (χ2v) is 6.65. The smallest absolute Gasteiger partial charge is 0.234 e. The molecule has 0 aliphatic carbocycles. The molecule has 120 valence electrons. The first-order valence-electron chi connectivity index (χ1n) is 7.62. The highest BCUT2D eigenvalue weighted by Gasteiger charge is 2.28. The van der Waals surface area contributed by atoms with Gasteiger partial charge in [-0.05, 0) is 55.2 Å². The molecule has 1 aliphatic rings. The van der Waals surface area contributed by atoms with Crippen LogP contribution in [-0.2, 0) is 11.2 Å². The zero-order valence-corrected chi connectivity index (χ0v) is 14.4. The number of hydrogen-bond acceptors (Lipinski definition) is 2. The lowest BCUT2D eigenvalue weighted by molar-refractivity contribution is -0.119. The summed E-state index contributed by atoms with van der Waals surface area (Å²) in [5.41, 5.74) is 9.66. The Morgan fingerprint density at radius 2 is 2.00 bits per heavy atom. The Kier molecular flexibility index (Phi) is 4.51. The maximum atomic E-state index is 13.0. The Morgan fingerprint density at radius 3 is 2.74 bits per heavy atom. The first-order valence-corrected chi connectivity index (χ1v) is 8.38. The Hall–Kier alpha value is -1.71. The largest absolute Gasteiger partial charge is 0.398 e. The van der Waals surface area contributed by atoms with Gasteiger partial charge >= 0.3 is 0 Å². The predicted molar refractivity (Wildman–Crippen MR) is 96.4 cm³/mol. The van der Waals surface area contributed by atoms with E-state index >= 15 is 0 Å². The number of carbonyl (C=O) groups excluding carboxylic acids is 1. The van der Waals surface area contributed by atoms with E-state index in [2.05, 4.69) is 0 Å². The molecule has 0 bridgehead atoms. The molecule has 2 aromatic rings. The highest BCUT2D eigenvalue weighted by Crippen LogP contribution is 2.34. The first-order chi connectivity index (χ1) is 11.0. The molecule has 0 saturated heterocycles. The van der Waals surface area contributed by atoms with Crippen LogP contribution >= 0.6 is 23.2 Å². The summed E-state index contributed by atoms with van der Waals surface area (Å²) in [6.45, 7) is 2.60. The molecular formula is C18H18Cl2N2O. The van der Waals surface area contributed by atoms with Gasteiger partial charge < -0.3 is 10.6 Å². The Morgan fingerprint density at radius 1 is 1.22 bits per heavy atom. The topological polar surface area (TPSA) is 46.3 Å². The van der Waals surface area contributed by atoms with Crippen molar-refractivity contribution >= 4 is 40.5 Å². The number of hydrogen-bond donors (Lipinski definition) is 1. The Labute approximate surface area is 146 Å². The van der Waals surface area contributed by atoms with Crippen molar-refractivity contribution in [1.29, 1.82) is 0 Å². The zero-order valence-electron chi connectivity index (χ0n) is 12.9. The van der Waals surface area contributed by atoms with Crippen LogP contribution < -0.4 is 10.6 Å². The van der Waals surface area contributed by atoms with Crippen LogP contribution in [0.5, 0.6) is 0 Å². The standard InChI is InChI=1S/C18H18Cl2N2O/c1-11(12-7-8-14(19)15(20)10-12)18(23)22-9-3-4-13-16(21)5-2-6-17(13)22/h2,5-8,10-11H,3-4,9,21H2,1H3. The molecule has 1 atom stereocenters. The maximum Gasteiger partial charge on any atom is 0.234 e. The fourth-order valence-corrected chi connectivity index (χ4v) is 3.35. The molecular weight excluding hydrogens is 331 g/mol. The molecule has 2 aromatic carbocycles. The van der Waals surface area contributed by atoms with Gasteiger partial charge in [0.2, 0.25) is 5.91 Å². The van der Waals surface area contributed by atoms with Gasteiger partial charge in [0.15, 0.2) is 0 Å². The fraction of sp³-hybridized carbons (Fsp3) is 0.278. The van der Waals surface area contributed by atoms with Crippen LogP contribution in [0.4, 0.5) is 11.4 Å². The zero-order chi connectivity index (χ0) is 16.6. The molecule has 3 nitrogen and oxygen atoms in total. The highest BCUT2D eigenvalue weighted by molar-refractivity contribution is 6.42. The summed E-state index contributed by atoms with van der Waals surface area (Å²) in [6, 6.07) is 11.1. The number of nitrogens with two attached hydrogens (primary N) is 1. The average molecular weight is 349 g/mol. The van der Waals surface area contributed by atoms with Crippen LogP contribution in [-0.4, -0.2) is 12.5 Å². The number of anilines is 2. The molecule has 0 saturated carbocycles. The van der Waals surface area contributed by atoms with E-state index in [1.807, 2.05) is 36.1 Å². The first kappa shape index (κ1) is 16.2. The average Bonchev–Trinajstić information content (AvgIpc) is 2.56. The van der Waals surface area contributed by atoms with E-state index < -0.39 is 0 Å². The fourth-order valence-electron chi connectivity index (χ4n) is 3.04. The maximum absolute atomic E-state index is 13.0. The van der Waals surface area contributed by atoms with E-state index in [9.17, 15) is 4.79 Å². The molecule has 1 aliphatic heterocycles. The van der Waals surface area contributed by atoms with Crippen molar-refractivity contribution in [3.8, 4) is 0 Å². The third-order valence-electron chi connectivity index (χ3n) is 4.37. The van der Waals surface area contributed by atoms with Gasteiger partial charge in [-0.3, -0.25) is 4.79 Å². The Bertz CT molecular complexity index is 761. The van der Waals surface area contributed by atoms with E-state index in [-0.39, 0.29) is 11.8 Å². The van der Waals surface area contributed by atoms with Gasteiger partial charge in [0.25, 0.3) is 0 Å². The molecule has 3 rings (SSSR count). The summed E-state index contributed by atoms with van der Waals surface area (Å²) in [5.74, 6) is -0.243. The van der Waals surface area contributed by atoms with Gasteiger partial charge in [0.1, 0.15) is 0 Å². The van der Waals surface area contributed by atoms with Gasteiger partial charge in [-0.1, -0.05) is 35.3 Å². The number of carbonyl (C=O) groups is 1. The van der Waals surface area contributed by atoms with Crippen molar-refractivity contribution in [3.05, 3.63) is 57.6 Å². The van der Waals surface area contributed by atoms with Crippen molar-refractivity contribution < 1.29 is 4.79 Å². The van der Waals surface area contributed by atoms with E-state index in [0.29, 0.717) is 16.6 Å². The monoisotopic (exact) mass is 348 g/mol. The van der Waals surface area contributed by atoms with Crippen molar-refractivity contribution in [1.82, 2.24) is 0 Å². The molecule has 0 aromatic heterocycles. The number of amides is 1. The minimum atomic E-state index is -0.294. The molecule has 0 fully saturated rings. The number of benzene rings is 2. The summed E-state index contributed by atoms with van der Waals surface area (Å²) in [5, 5.41) is 0.957. The van der Waals surface area contributed by atoms with Gasteiger partial charge in [0, 0.05) is 17.9 Å². The number of halogens is 2. The summed E-state index contributed by atoms with van der Waals surface area (Å²) >= 11 is 12.0. The molecule has 1 amide bonds. The van der Waals surface area contributed by atoms with E-state index in [1.54, 1.807) is 12.1 Å². The molecule has 23 heavy (non-hydrogen) atoms. The quantitative estimate of drug-likeness (QED) is 0.802. The van der Waals surface area contributed by atoms with Crippen LogP contribution in [0.1, 0.15) is 30.4 Å². The van der Waals surface area contributed by atoms with Crippen LogP contribution in [0.3, 0.4) is 0 Å². The van der Waals surface area contributed by atoms with Crippen molar-refractivity contribution in [2.24, 2.45) is 0 Å². The van der Waals surface area contributed by atoms with Crippen LogP contribution in [0.25, 0.3) is 0 Å². The van der Waals surface area contributed by atoms with Gasteiger partial charge in [-0.25, -0.2) is 0 Å². The minimum Gasteiger partial charge on any atom is -0.398 e. The molecule has 5 heteroatoms. The van der Waals surface area contributed by atoms with Gasteiger partial charge in [-0.2, -0.15) is 0 Å². The van der Waals surface area contributed by atoms with Crippen molar-refractivity contribution in [2.45, 2.75) is 25.7 Å². The van der Waals surface area contributed by atoms with E-state index in [1.165, 1.54) is 0 Å². The lowest BCUT2D eigenvalue weighted by Crippen LogP contribution is -2.38. The normalized spacial score (nSPS) is 15.2. The van der Waals surface area contributed by atoms with Gasteiger partial charge in [0.05, 0.1) is 16.0 Å². The van der Waals surface area contributed by atoms with Crippen LogP contribution in [0, 0.1) is 0 Å². The minimum absolute atomic E-state index is 0.0509. The number of nitrogen functional groups attached to an aromatic ring is 1. The lowest BCUT2D eigenvalue weighted by atomic mass is 9.95. The lowest BCUT2D eigenvalue weighted by Gasteiger charge is -2.32. The summed E-state index contributed by atoms with van der Waals surface area (Å²) < 4.78 is 0. The third-order valence-corrected chi connectivity index (χ3v) is 5.11. The molecule has 0 spiro atoms. The number of rotatable bonds is 2. The summed E-state index contributed by atoms with van der Waals surface area (Å²) in [4.78, 5) is 14.8. The SMILES string of the molecule is CC(C(=O)N1CCCc2c(N)cccc21)c1ccc(Cl)c(Cl)c1. The molecule has 0 radical (unpaired) electrons. The Balaban J connectivity index is 1.92. The van der Waals surface area contributed by atoms with Crippen LogP contribution in [0.2, 0.25) is 10.0 Å².